The van der Waals surface area contributed by atoms with E-state index in [2.05, 4.69) is 10.3 Å². The second-order valence-corrected chi connectivity index (χ2v) is 5.77. The van der Waals surface area contributed by atoms with E-state index >= 15 is 0 Å². The molecular weight excluding hydrogens is 283 g/mol. The molecule has 0 bridgehead atoms. The van der Waals surface area contributed by atoms with Crippen LogP contribution in [0.15, 0.2) is 28.9 Å². The molecule has 0 fully saturated rings. The van der Waals surface area contributed by atoms with Gasteiger partial charge in [0.25, 0.3) is 0 Å². The first kappa shape index (κ1) is 14.8. The number of aromatic nitrogens is 1. The molecule has 6 heteroatoms. The lowest BCUT2D eigenvalue weighted by Gasteiger charge is -2.19. The fourth-order valence-electron chi connectivity index (χ4n) is 1.43. The molecule has 0 spiro atoms. The maximum Gasteiger partial charge on any atom is 0.399 e. The topological polar surface area (TPSA) is 47.3 Å². The van der Waals surface area contributed by atoms with Gasteiger partial charge in [0.15, 0.2) is 11.6 Å². The van der Waals surface area contributed by atoms with Crippen molar-refractivity contribution in [3.8, 4) is 11.8 Å². The Morgan fingerprint density at radius 3 is 2.85 bits per heavy atom. The van der Waals surface area contributed by atoms with Crippen LogP contribution in [-0.2, 0) is 6.54 Å². The Hall–Kier alpha value is -1.59. The number of oxazole rings is 1. The summed E-state index contributed by atoms with van der Waals surface area (Å²) in [7, 11) is 0. The number of hydrogen-bond acceptors (Lipinski definition) is 4. The highest BCUT2D eigenvalue weighted by Crippen LogP contribution is 2.28. The third-order valence-corrected chi connectivity index (χ3v) is 2.74. The van der Waals surface area contributed by atoms with Gasteiger partial charge in [-0.15, -0.1) is 0 Å². The van der Waals surface area contributed by atoms with Crippen LogP contribution in [0.1, 0.15) is 26.5 Å². The molecule has 2 rings (SSSR count). The van der Waals surface area contributed by atoms with E-state index in [1.165, 1.54) is 18.4 Å². The molecular formula is C14H16ClFN2O2. The van der Waals surface area contributed by atoms with Gasteiger partial charge in [-0.25, -0.2) is 4.39 Å². The molecule has 0 unspecified atom stereocenters. The van der Waals surface area contributed by atoms with E-state index in [0.717, 1.165) is 0 Å². The highest BCUT2D eigenvalue weighted by Gasteiger charge is 2.14. The van der Waals surface area contributed by atoms with Gasteiger partial charge in [-0.3, -0.25) is 0 Å². The van der Waals surface area contributed by atoms with Crippen LogP contribution in [0, 0.1) is 5.82 Å². The minimum atomic E-state index is -0.637. The Morgan fingerprint density at radius 2 is 2.15 bits per heavy atom. The standard InChI is InChI=1S/C14H16ClFN2O2/c1-14(2,3)17-7-9-8-19-13(18-9)20-11-6-4-5-10(15)12(11)16/h4-6,8,17H,7H2,1-3H3. The molecule has 0 saturated heterocycles. The maximum absolute atomic E-state index is 13.7. The van der Waals surface area contributed by atoms with E-state index in [1.807, 2.05) is 20.8 Å². The van der Waals surface area contributed by atoms with Gasteiger partial charge in [0.05, 0.1) is 10.7 Å². The Kier molecular flexibility index (Phi) is 4.30. The zero-order valence-corrected chi connectivity index (χ0v) is 12.3. The van der Waals surface area contributed by atoms with Gasteiger partial charge in [0.2, 0.25) is 0 Å². The number of nitrogens with zero attached hydrogens (tertiary/aromatic N) is 1. The van der Waals surface area contributed by atoms with E-state index in [0.29, 0.717) is 12.2 Å². The summed E-state index contributed by atoms with van der Waals surface area (Å²) in [6.45, 7) is 6.68. The molecule has 1 N–H and O–H groups in total. The van der Waals surface area contributed by atoms with Crippen LogP contribution >= 0.6 is 11.6 Å². The molecule has 0 amide bonds. The molecule has 2 aromatic rings. The van der Waals surface area contributed by atoms with Crippen molar-refractivity contribution < 1.29 is 13.5 Å². The first-order chi connectivity index (χ1) is 9.35. The number of rotatable bonds is 4. The van der Waals surface area contributed by atoms with Gasteiger partial charge < -0.3 is 14.5 Å². The van der Waals surface area contributed by atoms with E-state index in [9.17, 15) is 4.39 Å². The van der Waals surface area contributed by atoms with E-state index in [-0.39, 0.29) is 22.4 Å². The van der Waals surface area contributed by atoms with Crippen LogP contribution in [0.2, 0.25) is 5.02 Å². The first-order valence-corrected chi connectivity index (χ1v) is 6.54. The maximum atomic E-state index is 13.7. The summed E-state index contributed by atoms with van der Waals surface area (Å²) in [5.41, 5.74) is 0.649. The first-order valence-electron chi connectivity index (χ1n) is 6.16. The normalized spacial score (nSPS) is 11.7. The highest BCUT2D eigenvalue weighted by atomic mass is 35.5. The number of nitrogens with one attached hydrogen (secondary N) is 1. The molecule has 4 nitrogen and oxygen atoms in total. The molecule has 0 saturated carbocycles. The van der Waals surface area contributed by atoms with Crippen molar-refractivity contribution in [2.45, 2.75) is 32.9 Å². The summed E-state index contributed by atoms with van der Waals surface area (Å²) in [4.78, 5) is 4.12. The summed E-state index contributed by atoms with van der Waals surface area (Å²) >= 11 is 5.67. The second kappa shape index (κ2) is 5.81. The lowest BCUT2D eigenvalue weighted by atomic mass is 10.1. The molecule has 1 aromatic heterocycles. The van der Waals surface area contributed by atoms with Crippen molar-refractivity contribution in [2.75, 3.05) is 0 Å². The quantitative estimate of drug-likeness (QED) is 0.921. The highest BCUT2D eigenvalue weighted by molar-refractivity contribution is 6.30. The Balaban J connectivity index is 2.04. The van der Waals surface area contributed by atoms with Crippen molar-refractivity contribution in [3.63, 3.8) is 0 Å². The van der Waals surface area contributed by atoms with Crippen molar-refractivity contribution in [2.24, 2.45) is 0 Å². The number of halogens is 2. The van der Waals surface area contributed by atoms with Gasteiger partial charge in [-0.05, 0) is 32.9 Å². The lowest BCUT2D eigenvalue weighted by molar-refractivity contribution is 0.318. The van der Waals surface area contributed by atoms with Crippen LogP contribution in [0.5, 0.6) is 11.8 Å². The van der Waals surface area contributed by atoms with E-state index in [4.69, 9.17) is 20.8 Å². The molecule has 108 valence electrons. The summed E-state index contributed by atoms with van der Waals surface area (Å²) in [5.74, 6) is -0.656. The molecule has 1 aromatic carbocycles. The third-order valence-electron chi connectivity index (χ3n) is 2.44. The SMILES string of the molecule is CC(C)(C)NCc1coc(Oc2cccc(Cl)c2F)n1. The smallest absolute Gasteiger partial charge is 0.399 e. The fraction of sp³-hybridized carbons (Fsp3) is 0.357. The zero-order chi connectivity index (χ0) is 14.8. The zero-order valence-electron chi connectivity index (χ0n) is 11.5. The lowest BCUT2D eigenvalue weighted by Crippen LogP contribution is -2.35. The van der Waals surface area contributed by atoms with Gasteiger partial charge in [-0.2, -0.15) is 4.98 Å². The Bertz CT molecular complexity index is 593. The van der Waals surface area contributed by atoms with E-state index in [1.54, 1.807) is 6.07 Å². The molecule has 0 radical (unpaired) electrons. The van der Waals surface area contributed by atoms with Crippen LogP contribution in [0.4, 0.5) is 4.39 Å². The van der Waals surface area contributed by atoms with Crippen molar-refractivity contribution in [1.82, 2.24) is 10.3 Å². The summed E-state index contributed by atoms with van der Waals surface area (Å²) in [5, 5.41) is 3.25. The molecule has 0 atom stereocenters. The molecule has 0 aliphatic heterocycles. The minimum absolute atomic E-state index is 0.0105. The third kappa shape index (κ3) is 3.95. The summed E-state index contributed by atoms with van der Waals surface area (Å²) in [6, 6.07) is 4.49. The summed E-state index contributed by atoms with van der Waals surface area (Å²) in [6.07, 6.45) is 1.45. The monoisotopic (exact) mass is 298 g/mol. The van der Waals surface area contributed by atoms with Crippen molar-refractivity contribution in [3.05, 3.63) is 41.0 Å². The summed E-state index contributed by atoms with van der Waals surface area (Å²) < 4.78 is 24.0. The predicted molar refractivity (Wildman–Crippen MR) is 74.6 cm³/mol. The number of benzene rings is 1. The number of hydrogen-bond donors (Lipinski definition) is 1. The Morgan fingerprint density at radius 1 is 1.40 bits per heavy atom. The van der Waals surface area contributed by atoms with Gasteiger partial charge >= 0.3 is 6.08 Å². The predicted octanol–water partition coefficient (Wildman–Crippen LogP) is 4.15. The number of ether oxygens (including phenoxy) is 1. The molecule has 0 aliphatic carbocycles. The Labute approximate surface area is 121 Å². The average Bonchev–Trinajstić information content (AvgIpc) is 2.80. The fourth-order valence-corrected chi connectivity index (χ4v) is 1.59. The molecule has 20 heavy (non-hydrogen) atoms. The van der Waals surface area contributed by atoms with Gasteiger partial charge in [0.1, 0.15) is 6.26 Å². The minimum Gasteiger partial charge on any atom is -0.417 e. The van der Waals surface area contributed by atoms with Crippen LogP contribution in [0.3, 0.4) is 0 Å². The van der Waals surface area contributed by atoms with Crippen LogP contribution < -0.4 is 10.1 Å². The van der Waals surface area contributed by atoms with Crippen LogP contribution in [0.25, 0.3) is 0 Å². The van der Waals surface area contributed by atoms with Crippen LogP contribution in [-0.4, -0.2) is 10.5 Å². The van der Waals surface area contributed by atoms with E-state index < -0.39 is 5.82 Å². The van der Waals surface area contributed by atoms with Gasteiger partial charge in [0, 0.05) is 12.1 Å². The molecule has 0 aliphatic rings. The molecule has 1 heterocycles. The van der Waals surface area contributed by atoms with Crippen molar-refractivity contribution in [1.29, 1.82) is 0 Å². The largest absolute Gasteiger partial charge is 0.417 e. The average molecular weight is 299 g/mol. The van der Waals surface area contributed by atoms with Crippen molar-refractivity contribution >= 4 is 11.6 Å². The second-order valence-electron chi connectivity index (χ2n) is 5.36. The van der Waals surface area contributed by atoms with Gasteiger partial charge in [-0.1, -0.05) is 17.7 Å².